The fraction of sp³-hybridized carbons (Fsp3) is 0. The van der Waals surface area contributed by atoms with Gasteiger partial charge in [-0.05, 0) is 65.1 Å². The molecule has 1 aliphatic rings. The van der Waals surface area contributed by atoms with Gasteiger partial charge in [0, 0.05) is 20.4 Å². The molecular weight excluding hydrogens is 551 g/mol. The molecule has 0 aliphatic heterocycles. The highest BCUT2D eigenvalue weighted by atomic mass is 127. The van der Waals surface area contributed by atoms with E-state index < -0.39 is 38.2 Å². The number of anilines is 3. The summed E-state index contributed by atoms with van der Waals surface area (Å²) in [5.41, 5.74) is 5.08. The molecule has 0 spiro atoms. The lowest BCUT2D eigenvalue weighted by Gasteiger charge is -2.24. The van der Waals surface area contributed by atoms with E-state index in [1.807, 2.05) is 22.6 Å². The van der Waals surface area contributed by atoms with Crippen molar-refractivity contribution < 1.29 is 32.5 Å². The number of halogens is 1. The number of hydrogen-bond acceptors (Lipinski definition) is 7. The van der Waals surface area contributed by atoms with Gasteiger partial charge in [-0.2, -0.15) is 8.42 Å². The number of carboxylic acid groups (broad SMARTS) is 1. The van der Waals surface area contributed by atoms with Gasteiger partial charge < -0.3 is 16.2 Å². The number of nitrogens with one attached hydrogen (secondary N) is 1. The number of ketones is 2. The first-order valence-electron chi connectivity index (χ1n) is 8.92. The summed E-state index contributed by atoms with van der Waals surface area (Å²) in [4.78, 5) is 37.1. The summed E-state index contributed by atoms with van der Waals surface area (Å²) in [5, 5.41) is 12.0. The van der Waals surface area contributed by atoms with E-state index in [4.69, 9.17) is 5.73 Å². The second-order valence-corrected chi connectivity index (χ2v) is 9.56. The molecule has 0 atom stereocenters. The molecule has 5 N–H and O–H groups in total. The van der Waals surface area contributed by atoms with Crippen LogP contribution in [0.3, 0.4) is 0 Å². The van der Waals surface area contributed by atoms with Crippen LogP contribution in [0, 0.1) is 3.57 Å². The maximum Gasteiger partial charge on any atom is 0.335 e. The van der Waals surface area contributed by atoms with Crippen LogP contribution in [0.2, 0.25) is 0 Å². The summed E-state index contributed by atoms with van der Waals surface area (Å²) < 4.78 is 34.2. The molecule has 0 saturated carbocycles. The van der Waals surface area contributed by atoms with Crippen molar-refractivity contribution in [2.45, 2.75) is 4.90 Å². The van der Waals surface area contributed by atoms with Crippen LogP contribution in [0.1, 0.15) is 42.2 Å². The average molecular weight is 564 g/mol. The van der Waals surface area contributed by atoms with E-state index in [2.05, 4.69) is 5.32 Å². The minimum absolute atomic E-state index is 0.0564. The van der Waals surface area contributed by atoms with Gasteiger partial charge in [-0.15, -0.1) is 0 Å². The van der Waals surface area contributed by atoms with Crippen molar-refractivity contribution in [1.29, 1.82) is 0 Å². The predicted octanol–water partition coefficient (Wildman–Crippen LogP) is 3.34. The van der Waals surface area contributed by atoms with Crippen LogP contribution in [0.4, 0.5) is 17.1 Å². The normalized spacial score (nSPS) is 12.8. The summed E-state index contributed by atoms with van der Waals surface area (Å²) in [6.07, 6.45) is 0. The molecule has 4 rings (SSSR count). The Labute approximate surface area is 195 Å². The molecular formula is C21H13IN2O7S. The number of aromatic carboxylic acids is 1. The summed E-state index contributed by atoms with van der Waals surface area (Å²) in [5.74, 6) is -2.43. The molecule has 11 heteroatoms. The number of benzene rings is 3. The van der Waals surface area contributed by atoms with Gasteiger partial charge in [0.2, 0.25) is 0 Å². The Morgan fingerprint density at radius 2 is 1.66 bits per heavy atom. The van der Waals surface area contributed by atoms with Crippen LogP contribution in [-0.4, -0.2) is 35.6 Å². The number of rotatable bonds is 4. The van der Waals surface area contributed by atoms with E-state index in [-0.39, 0.29) is 39.2 Å². The van der Waals surface area contributed by atoms with Crippen LogP contribution in [0.15, 0.2) is 53.4 Å². The van der Waals surface area contributed by atoms with Gasteiger partial charge in [0.05, 0.1) is 28.1 Å². The maximum absolute atomic E-state index is 13.3. The zero-order chi connectivity index (χ0) is 23.4. The zero-order valence-corrected chi connectivity index (χ0v) is 18.9. The van der Waals surface area contributed by atoms with E-state index >= 15 is 0 Å². The van der Waals surface area contributed by atoms with Crippen molar-refractivity contribution in [1.82, 2.24) is 0 Å². The Morgan fingerprint density at radius 1 is 0.969 bits per heavy atom. The summed E-state index contributed by atoms with van der Waals surface area (Å²) in [6.45, 7) is 0. The standard InChI is InChI=1S/C21H13IN2O7S/c22-10-4-5-12-13(7-10)20(26)16-14(24-11-3-1-2-9(6-11)21(27)28)8-15(32(29,30)31)18(23)17(16)19(12)25/h1-8,24H,23H2,(H,27,28)(H,29,30,31). The van der Waals surface area contributed by atoms with E-state index in [0.717, 1.165) is 6.07 Å². The van der Waals surface area contributed by atoms with Crippen LogP contribution in [0.25, 0.3) is 0 Å². The fourth-order valence-corrected chi connectivity index (χ4v) is 4.65. The molecule has 0 heterocycles. The quantitative estimate of drug-likeness (QED) is 0.165. The molecule has 3 aromatic carbocycles. The molecule has 9 nitrogen and oxygen atoms in total. The maximum atomic E-state index is 13.3. The van der Waals surface area contributed by atoms with Gasteiger partial charge in [-0.3, -0.25) is 14.1 Å². The van der Waals surface area contributed by atoms with Crippen LogP contribution >= 0.6 is 22.6 Å². The number of fused-ring (bicyclic) bond motifs is 2. The highest BCUT2D eigenvalue weighted by molar-refractivity contribution is 14.1. The molecule has 0 radical (unpaired) electrons. The van der Waals surface area contributed by atoms with Gasteiger partial charge in [-0.1, -0.05) is 6.07 Å². The average Bonchev–Trinajstić information content (AvgIpc) is 2.72. The van der Waals surface area contributed by atoms with Crippen molar-refractivity contribution in [3.8, 4) is 0 Å². The fourth-order valence-electron chi connectivity index (χ4n) is 3.51. The first-order chi connectivity index (χ1) is 15.0. The van der Waals surface area contributed by atoms with Gasteiger partial charge in [-0.25, -0.2) is 4.79 Å². The number of nitrogen functional groups attached to an aromatic ring is 1. The molecule has 0 fully saturated rings. The van der Waals surface area contributed by atoms with E-state index in [0.29, 0.717) is 3.57 Å². The lowest BCUT2D eigenvalue weighted by molar-refractivity contribution is 0.0696. The first kappa shape index (κ1) is 21.9. The third kappa shape index (κ3) is 3.63. The predicted molar refractivity (Wildman–Crippen MR) is 123 cm³/mol. The van der Waals surface area contributed by atoms with Crippen molar-refractivity contribution >= 4 is 67.3 Å². The van der Waals surface area contributed by atoms with Gasteiger partial charge in [0.25, 0.3) is 10.1 Å². The smallest absolute Gasteiger partial charge is 0.335 e. The molecule has 162 valence electrons. The number of hydrogen-bond donors (Lipinski definition) is 4. The Morgan fingerprint density at radius 3 is 2.31 bits per heavy atom. The number of carbonyl (C=O) groups is 3. The zero-order valence-electron chi connectivity index (χ0n) is 15.9. The van der Waals surface area contributed by atoms with Crippen LogP contribution in [0.5, 0.6) is 0 Å². The topological polar surface area (TPSA) is 164 Å². The highest BCUT2D eigenvalue weighted by Crippen LogP contribution is 2.40. The first-order valence-corrected chi connectivity index (χ1v) is 11.4. The van der Waals surface area contributed by atoms with Crippen molar-refractivity contribution in [3.05, 3.63) is 79.9 Å². The Bertz CT molecular complexity index is 1470. The number of carboxylic acids is 1. The molecule has 0 unspecified atom stereocenters. The number of nitrogens with two attached hydrogens (primary N) is 1. The Hall–Kier alpha value is -3.29. The van der Waals surface area contributed by atoms with E-state index in [1.165, 1.54) is 36.4 Å². The van der Waals surface area contributed by atoms with Crippen LogP contribution in [-0.2, 0) is 10.1 Å². The Balaban J connectivity index is 2.01. The number of carbonyl (C=O) groups excluding carboxylic acids is 2. The molecule has 1 aliphatic carbocycles. The second-order valence-electron chi connectivity index (χ2n) is 6.92. The van der Waals surface area contributed by atoms with Crippen molar-refractivity contribution in [2.75, 3.05) is 11.1 Å². The molecule has 0 saturated heterocycles. The third-order valence-electron chi connectivity index (χ3n) is 4.92. The summed E-state index contributed by atoms with van der Waals surface area (Å²) in [7, 11) is -4.85. The second kappa shape index (κ2) is 7.69. The monoisotopic (exact) mass is 564 g/mol. The lowest BCUT2D eigenvalue weighted by atomic mass is 9.82. The molecule has 32 heavy (non-hydrogen) atoms. The van der Waals surface area contributed by atoms with Gasteiger partial charge in [0.15, 0.2) is 11.6 Å². The van der Waals surface area contributed by atoms with E-state index in [1.54, 1.807) is 6.07 Å². The van der Waals surface area contributed by atoms with E-state index in [9.17, 15) is 32.5 Å². The Kier molecular flexibility index (Phi) is 5.27. The van der Waals surface area contributed by atoms with Crippen molar-refractivity contribution in [2.24, 2.45) is 0 Å². The molecule has 3 aromatic rings. The van der Waals surface area contributed by atoms with Crippen molar-refractivity contribution in [3.63, 3.8) is 0 Å². The largest absolute Gasteiger partial charge is 0.478 e. The highest BCUT2D eigenvalue weighted by Gasteiger charge is 2.36. The summed E-state index contributed by atoms with van der Waals surface area (Å²) in [6, 6.07) is 11.1. The SMILES string of the molecule is Nc1c(S(=O)(=O)O)cc(Nc2cccc(C(=O)O)c2)c2c1C(=O)c1ccc(I)cc1C2=O. The molecule has 0 aromatic heterocycles. The van der Waals surface area contributed by atoms with Crippen LogP contribution < -0.4 is 11.1 Å². The molecule has 0 bridgehead atoms. The lowest BCUT2D eigenvalue weighted by Crippen LogP contribution is -2.25. The van der Waals surface area contributed by atoms with Gasteiger partial charge in [0.1, 0.15) is 4.90 Å². The summed E-state index contributed by atoms with van der Waals surface area (Å²) >= 11 is 1.99. The minimum Gasteiger partial charge on any atom is -0.478 e. The minimum atomic E-state index is -4.85. The third-order valence-corrected chi connectivity index (χ3v) is 6.49. The molecule has 0 amide bonds. The van der Waals surface area contributed by atoms with Gasteiger partial charge >= 0.3 is 5.97 Å².